The molecule has 2 heteroatoms. The van der Waals surface area contributed by atoms with Gasteiger partial charge in [0.05, 0.1) is 0 Å². The van der Waals surface area contributed by atoms with Crippen molar-refractivity contribution in [1.82, 2.24) is 10.2 Å². The molecule has 0 aliphatic heterocycles. The highest BCUT2D eigenvalue weighted by atomic mass is 15.2. The second kappa shape index (κ2) is 6.75. The number of rotatable bonds is 8. The van der Waals surface area contributed by atoms with E-state index in [1.807, 2.05) is 0 Å². The molecule has 2 unspecified atom stereocenters. The molecule has 2 fully saturated rings. The highest BCUT2D eigenvalue weighted by Crippen LogP contribution is 2.32. The van der Waals surface area contributed by atoms with E-state index in [1.54, 1.807) is 0 Å². The zero-order valence-corrected chi connectivity index (χ0v) is 11.8. The van der Waals surface area contributed by atoms with Crippen molar-refractivity contribution < 1.29 is 0 Å². The van der Waals surface area contributed by atoms with Crippen LogP contribution >= 0.6 is 0 Å². The lowest BCUT2D eigenvalue weighted by atomic mass is 10.0. The Labute approximate surface area is 107 Å². The van der Waals surface area contributed by atoms with E-state index in [0.29, 0.717) is 0 Å². The Morgan fingerprint density at radius 2 is 1.88 bits per heavy atom. The molecule has 0 aromatic rings. The molecule has 0 aromatic carbocycles. The Hall–Kier alpha value is -0.0800. The molecule has 1 N–H and O–H groups in total. The summed E-state index contributed by atoms with van der Waals surface area (Å²) in [6.45, 7) is 8.47. The standard InChI is InChI=1S/C15H30N2/c1-3-10-16-15-7-5-6-13(15)12-17(11-4-2)14-8-9-14/h13-16H,3-12H2,1-2H3. The van der Waals surface area contributed by atoms with Crippen LogP contribution in [0, 0.1) is 5.92 Å². The second-order valence-corrected chi connectivity index (χ2v) is 5.98. The Morgan fingerprint density at radius 3 is 2.53 bits per heavy atom. The molecular formula is C15H30N2. The van der Waals surface area contributed by atoms with Crippen LogP contribution in [0.3, 0.4) is 0 Å². The molecule has 0 radical (unpaired) electrons. The SMILES string of the molecule is CCCNC1CCCC1CN(CCC)C1CC1. The van der Waals surface area contributed by atoms with E-state index < -0.39 is 0 Å². The van der Waals surface area contributed by atoms with E-state index in [0.717, 1.165) is 18.0 Å². The summed E-state index contributed by atoms with van der Waals surface area (Å²) in [6, 6.07) is 1.76. The molecule has 0 saturated heterocycles. The molecule has 0 spiro atoms. The van der Waals surface area contributed by atoms with Crippen molar-refractivity contribution >= 4 is 0 Å². The fraction of sp³-hybridized carbons (Fsp3) is 1.00. The summed E-state index contributed by atoms with van der Waals surface area (Å²) >= 11 is 0. The Kier molecular flexibility index (Phi) is 5.30. The molecule has 2 aliphatic rings. The van der Waals surface area contributed by atoms with Gasteiger partial charge in [-0.2, -0.15) is 0 Å². The Morgan fingerprint density at radius 1 is 1.06 bits per heavy atom. The van der Waals surface area contributed by atoms with Gasteiger partial charge in [0.1, 0.15) is 0 Å². The van der Waals surface area contributed by atoms with Crippen LogP contribution in [0.15, 0.2) is 0 Å². The molecule has 0 heterocycles. The van der Waals surface area contributed by atoms with Crippen LogP contribution < -0.4 is 5.32 Å². The van der Waals surface area contributed by atoms with Crippen LogP contribution in [0.1, 0.15) is 58.8 Å². The Balaban J connectivity index is 1.78. The average molecular weight is 238 g/mol. The summed E-state index contributed by atoms with van der Waals surface area (Å²) in [6.07, 6.45) is 9.81. The molecule has 17 heavy (non-hydrogen) atoms. The molecule has 2 aliphatic carbocycles. The maximum atomic E-state index is 3.76. The zero-order chi connectivity index (χ0) is 12.1. The van der Waals surface area contributed by atoms with Gasteiger partial charge in [0.2, 0.25) is 0 Å². The summed E-state index contributed by atoms with van der Waals surface area (Å²) < 4.78 is 0. The van der Waals surface area contributed by atoms with E-state index in [1.165, 1.54) is 64.6 Å². The molecule has 0 amide bonds. The van der Waals surface area contributed by atoms with Crippen LogP contribution in [-0.2, 0) is 0 Å². The smallest absolute Gasteiger partial charge is 0.0107 e. The van der Waals surface area contributed by atoms with Crippen LogP contribution in [0.2, 0.25) is 0 Å². The van der Waals surface area contributed by atoms with Crippen LogP contribution in [-0.4, -0.2) is 36.6 Å². The van der Waals surface area contributed by atoms with Crippen molar-refractivity contribution in [3.63, 3.8) is 0 Å². The third kappa shape index (κ3) is 3.96. The molecule has 0 aromatic heterocycles. The van der Waals surface area contributed by atoms with E-state index in [-0.39, 0.29) is 0 Å². The molecule has 100 valence electrons. The lowest BCUT2D eigenvalue weighted by Crippen LogP contribution is -2.40. The predicted octanol–water partition coefficient (Wildman–Crippen LogP) is 3.03. The van der Waals surface area contributed by atoms with Gasteiger partial charge in [0.15, 0.2) is 0 Å². The molecule has 2 saturated carbocycles. The van der Waals surface area contributed by atoms with Crippen LogP contribution in [0.25, 0.3) is 0 Å². The first-order chi connectivity index (χ1) is 8.35. The van der Waals surface area contributed by atoms with Crippen molar-refractivity contribution in [2.75, 3.05) is 19.6 Å². The third-order valence-electron chi connectivity index (χ3n) is 4.36. The van der Waals surface area contributed by atoms with Crippen LogP contribution in [0.4, 0.5) is 0 Å². The van der Waals surface area contributed by atoms with E-state index in [4.69, 9.17) is 0 Å². The lowest BCUT2D eigenvalue weighted by molar-refractivity contribution is 0.205. The van der Waals surface area contributed by atoms with Gasteiger partial charge in [-0.15, -0.1) is 0 Å². The maximum absolute atomic E-state index is 3.76. The monoisotopic (exact) mass is 238 g/mol. The van der Waals surface area contributed by atoms with Gasteiger partial charge in [-0.25, -0.2) is 0 Å². The minimum absolute atomic E-state index is 0.813. The van der Waals surface area contributed by atoms with Crippen molar-refractivity contribution in [2.24, 2.45) is 5.92 Å². The average Bonchev–Trinajstić information content (AvgIpc) is 3.08. The normalized spacial score (nSPS) is 29.1. The van der Waals surface area contributed by atoms with E-state index >= 15 is 0 Å². The highest BCUT2D eigenvalue weighted by molar-refractivity contribution is 4.90. The summed E-state index contributed by atoms with van der Waals surface area (Å²) in [4.78, 5) is 2.77. The molecule has 0 bridgehead atoms. The lowest BCUT2D eigenvalue weighted by Gasteiger charge is -2.29. The van der Waals surface area contributed by atoms with E-state index in [2.05, 4.69) is 24.1 Å². The number of hydrogen-bond acceptors (Lipinski definition) is 2. The third-order valence-corrected chi connectivity index (χ3v) is 4.36. The van der Waals surface area contributed by atoms with Crippen molar-refractivity contribution in [3.8, 4) is 0 Å². The number of nitrogens with one attached hydrogen (secondary N) is 1. The summed E-state index contributed by atoms with van der Waals surface area (Å²) in [5, 5.41) is 3.76. The minimum Gasteiger partial charge on any atom is -0.314 e. The first kappa shape index (κ1) is 13.4. The number of nitrogens with zero attached hydrogens (tertiary/aromatic N) is 1. The minimum atomic E-state index is 0.813. The fourth-order valence-corrected chi connectivity index (χ4v) is 3.30. The van der Waals surface area contributed by atoms with Gasteiger partial charge in [-0.1, -0.05) is 20.3 Å². The second-order valence-electron chi connectivity index (χ2n) is 5.98. The molecular weight excluding hydrogens is 208 g/mol. The van der Waals surface area contributed by atoms with Crippen LogP contribution in [0.5, 0.6) is 0 Å². The first-order valence-corrected chi connectivity index (χ1v) is 7.82. The summed E-state index contributed by atoms with van der Waals surface area (Å²) in [5.74, 6) is 0.925. The molecule has 2 atom stereocenters. The first-order valence-electron chi connectivity index (χ1n) is 7.82. The topological polar surface area (TPSA) is 15.3 Å². The van der Waals surface area contributed by atoms with Crippen molar-refractivity contribution in [2.45, 2.75) is 70.9 Å². The fourth-order valence-electron chi connectivity index (χ4n) is 3.30. The zero-order valence-electron chi connectivity index (χ0n) is 11.8. The molecule has 2 nitrogen and oxygen atoms in total. The Bertz CT molecular complexity index is 213. The summed E-state index contributed by atoms with van der Waals surface area (Å²) in [7, 11) is 0. The van der Waals surface area contributed by atoms with Crippen molar-refractivity contribution in [3.05, 3.63) is 0 Å². The van der Waals surface area contributed by atoms with Gasteiger partial charge in [-0.05, 0) is 57.5 Å². The predicted molar refractivity (Wildman–Crippen MR) is 74.3 cm³/mol. The summed E-state index contributed by atoms with van der Waals surface area (Å²) in [5.41, 5.74) is 0. The largest absolute Gasteiger partial charge is 0.314 e. The van der Waals surface area contributed by atoms with Gasteiger partial charge in [0.25, 0.3) is 0 Å². The molecule has 2 rings (SSSR count). The van der Waals surface area contributed by atoms with Gasteiger partial charge >= 0.3 is 0 Å². The highest BCUT2D eigenvalue weighted by Gasteiger charge is 2.33. The van der Waals surface area contributed by atoms with Gasteiger partial charge in [0, 0.05) is 18.6 Å². The van der Waals surface area contributed by atoms with E-state index in [9.17, 15) is 0 Å². The van der Waals surface area contributed by atoms with Crippen molar-refractivity contribution in [1.29, 1.82) is 0 Å². The maximum Gasteiger partial charge on any atom is 0.0107 e. The quantitative estimate of drug-likeness (QED) is 0.699. The van der Waals surface area contributed by atoms with Gasteiger partial charge in [-0.3, -0.25) is 0 Å². The number of hydrogen-bond donors (Lipinski definition) is 1. The van der Waals surface area contributed by atoms with Gasteiger partial charge < -0.3 is 10.2 Å².